The summed E-state index contributed by atoms with van der Waals surface area (Å²) in [4.78, 5) is 20.3. The van der Waals surface area contributed by atoms with Crippen molar-refractivity contribution in [3.8, 4) is 22.4 Å². The molecule has 33 heavy (non-hydrogen) atoms. The van der Waals surface area contributed by atoms with Crippen LogP contribution in [0.1, 0.15) is 37.1 Å². The first-order chi connectivity index (χ1) is 15.8. The van der Waals surface area contributed by atoms with Crippen LogP contribution in [-0.4, -0.2) is 29.3 Å². The van der Waals surface area contributed by atoms with E-state index in [1.165, 1.54) is 0 Å². The lowest BCUT2D eigenvalue weighted by Crippen LogP contribution is -2.16. The van der Waals surface area contributed by atoms with Crippen LogP contribution in [0.5, 0.6) is 0 Å². The maximum Gasteiger partial charge on any atom is 0.257 e. The average Bonchev–Trinajstić information content (AvgIpc) is 3.41. The van der Waals surface area contributed by atoms with Crippen molar-refractivity contribution in [3.63, 3.8) is 0 Å². The van der Waals surface area contributed by atoms with Gasteiger partial charge in [-0.15, -0.1) is 0 Å². The van der Waals surface area contributed by atoms with Crippen LogP contribution < -0.4 is 5.56 Å². The molecular weight excluding hydrogens is 438 g/mol. The first kappa shape index (κ1) is 21.6. The van der Waals surface area contributed by atoms with Gasteiger partial charge in [0.1, 0.15) is 5.76 Å². The first-order valence-electron chi connectivity index (χ1n) is 11.1. The monoisotopic (exact) mass is 463 g/mol. The van der Waals surface area contributed by atoms with E-state index in [4.69, 9.17) is 4.52 Å². The Balaban J connectivity index is 1.77. The first-order valence-corrected chi connectivity index (χ1v) is 12.8. The number of nitrogens with one attached hydrogen (secondary N) is 1. The molecule has 1 aliphatic rings. The molecule has 1 saturated carbocycles. The van der Waals surface area contributed by atoms with Crippen LogP contribution in [0.4, 0.5) is 0 Å². The smallest absolute Gasteiger partial charge is 0.257 e. The number of aryl methyl sites for hydroxylation is 2. The summed E-state index contributed by atoms with van der Waals surface area (Å²) in [6, 6.07) is 10.4. The predicted molar refractivity (Wildman–Crippen MR) is 127 cm³/mol. The third-order valence-electron chi connectivity index (χ3n) is 6.45. The number of nitrogens with zero attached hydrogens (tertiary/aromatic N) is 2. The fourth-order valence-corrected chi connectivity index (χ4v) is 6.81. The van der Waals surface area contributed by atoms with E-state index in [0.29, 0.717) is 39.2 Å². The fraction of sp³-hybridized carbons (Fsp3) is 0.320. The highest BCUT2D eigenvalue weighted by atomic mass is 32.2. The van der Waals surface area contributed by atoms with Gasteiger partial charge < -0.3 is 9.51 Å². The molecular formula is C25H25N3O4S. The number of hydrogen-bond acceptors (Lipinski definition) is 6. The molecule has 1 fully saturated rings. The quantitative estimate of drug-likeness (QED) is 0.455. The van der Waals surface area contributed by atoms with Crippen molar-refractivity contribution in [1.82, 2.24) is 15.1 Å². The lowest BCUT2D eigenvalue weighted by Gasteiger charge is -2.15. The summed E-state index contributed by atoms with van der Waals surface area (Å²) in [7, 11) is -3.61. The second-order valence-electron chi connectivity index (χ2n) is 8.79. The van der Waals surface area contributed by atoms with E-state index < -0.39 is 9.84 Å². The number of fused-ring (bicyclic) bond motifs is 1. The number of benzene rings is 1. The Morgan fingerprint density at radius 1 is 1.12 bits per heavy atom. The minimum Gasteiger partial charge on any atom is -0.361 e. The molecule has 3 heterocycles. The Labute approximate surface area is 191 Å². The zero-order valence-electron chi connectivity index (χ0n) is 18.6. The maximum absolute atomic E-state index is 13.7. The van der Waals surface area contributed by atoms with Crippen molar-refractivity contribution in [2.24, 2.45) is 5.92 Å². The van der Waals surface area contributed by atoms with E-state index in [1.54, 1.807) is 49.5 Å². The lowest BCUT2D eigenvalue weighted by atomic mass is 10.0. The van der Waals surface area contributed by atoms with Crippen LogP contribution in [0.2, 0.25) is 0 Å². The van der Waals surface area contributed by atoms with Crippen LogP contribution in [0, 0.1) is 19.8 Å². The zero-order valence-corrected chi connectivity index (χ0v) is 19.4. The van der Waals surface area contributed by atoms with E-state index in [2.05, 4.69) is 15.1 Å². The molecule has 0 radical (unpaired) electrons. The van der Waals surface area contributed by atoms with Crippen molar-refractivity contribution in [2.45, 2.75) is 44.4 Å². The van der Waals surface area contributed by atoms with Gasteiger partial charge in [0.15, 0.2) is 9.84 Å². The molecule has 7 nitrogen and oxygen atoms in total. The van der Waals surface area contributed by atoms with E-state index in [9.17, 15) is 13.2 Å². The molecule has 5 rings (SSSR count). The van der Waals surface area contributed by atoms with E-state index in [1.807, 2.05) is 6.92 Å². The molecule has 4 aromatic rings. The molecule has 8 heteroatoms. The van der Waals surface area contributed by atoms with Crippen molar-refractivity contribution in [3.05, 3.63) is 64.4 Å². The summed E-state index contributed by atoms with van der Waals surface area (Å²) in [5.74, 6) is 0.856. The molecule has 3 aromatic heterocycles. The SMILES string of the molecule is Cc1noc(C)c1-c1cc(S(=O)(=O)CC2CCCC2)c2cc(-c3ccccn3)c(=O)[nH]c2c1. The predicted octanol–water partition coefficient (Wildman–Crippen LogP) is 4.83. The van der Waals surface area contributed by atoms with Gasteiger partial charge >= 0.3 is 0 Å². The lowest BCUT2D eigenvalue weighted by molar-refractivity contribution is 0.393. The van der Waals surface area contributed by atoms with Crippen LogP contribution in [-0.2, 0) is 9.84 Å². The number of aromatic nitrogens is 3. The van der Waals surface area contributed by atoms with Gasteiger partial charge in [-0.2, -0.15) is 0 Å². The highest BCUT2D eigenvalue weighted by Crippen LogP contribution is 2.36. The Morgan fingerprint density at radius 2 is 1.91 bits per heavy atom. The highest BCUT2D eigenvalue weighted by Gasteiger charge is 2.27. The molecule has 0 unspecified atom stereocenters. The number of hydrogen-bond donors (Lipinski definition) is 1. The van der Waals surface area contributed by atoms with Gasteiger partial charge in [-0.25, -0.2) is 8.42 Å². The summed E-state index contributed by atoms with van der Waals surface area (Å²) >= 11 is 0. The Kier molecular flexibility index (Phi) is 5.40. The molecule has 1 N–H and O–H groups in total. The number of rotatable bonds is 5. The summed E-state index contributed by atoms with van der Waals surface area (Å²) in [5, 5.41) is 4.50. The molecule has 170 valence electrons. The molecule has 0 spiro atoms. The average molecular weight is 464 g/mol. The molecule has 0 bridgehead atoms. The summed E-state index contributed by atoms with van der Waals surface area (Å²) in [6.45, 7) is 3.61. The summed E-state index contributed by atoms with van der Waals surface area (Å²) < 4.78 is 32.7. The summed E-state index contributed by atoms with van der Waals surface area (Å²) in [5.41, 5.74) is 3.03. The van der Waals surface area contributed by atoms with Crippen molar-refractivity contribution in [1.29, 1.82) is 0 Å². The Morgan fingerprint density at radius 3 is 2.58 bits per heavy atom. The van der Waals surface area contributed by atoms with Gasteiger partial charge in [0.25, 0.3) is 5.56 Å². The third kappa shape index (κ3) is 3.99. The number of sulfone groups is 1. The molecule has 0 aliphatic heterocycles. The topological polar surface area (TPSA) is 106 Å². The normalized spacial score (nSPS) is 14.8. The van der Waals surface area contributed by atoms with Crippen molar-refractivity contribution < 1.29 is 12.9 Å². The third-order valence-corrected chi connectivity index (χ3v) is 8.37. The van der Waals surface area contributed by atoms with Crippen LogP contribution in [0.15, 0.2) is 56.8 Å². The maximum atomic E-state index is 13.7. The van der Waals surface area contributed by atoms with Gasteiger partial charge in [0.2, 0.25) is 0 Å². The second-order valence-corrected chi connectivity index (χ2v) is 10.8. The summed E-state index contributed by atoms with van der Waals surface area (Å²) in [6.07, 6.45) is 5.60. The molecule has 0 amide bonds. The molecule has 1 aliphatic carbocycles. The van der Waals surface area contributed by atoms with Gasteiger partial charge in [-0.05, 0) is 68.5 Å². The van der Waals surface area contributed by atoms with Crippen molar-refractivity contribution >= 4 is 20.7 Å². The van der Waals surface area contributed by atoms with Crippen LogP contribution in [0.3, 0.4) is 0 Å². The van der Waals surface area contributed by atoms with Crippen molar-refractivity contribution in [2.75, 3.05) is 5.75 Å². The van der Waals surface area contributed by atoms with E-state index in [0.717, 1.165) is 31.2 Å². The van der Waals surface area contributed by atoms with Gasteiger partial charge in [-0.3, -0.25) is 9.78 Å². The molecule has 0 atom stereocenters. The molecule has 1 aromatic carbocycles. The second kappa shape index (κ2) is 8.26. The van der Waals surface area contributed by atoms with Crippen LogP contribution in [0.25, 0.3) is 33.3 Å². The minimum absolute atomic E-state index is 0.102. The number of aromatic amines is 1. The minimum atomic E-state index is -3.61. The van der Waals surface area contributed by atoms with Crippen LogP contribution >= 0.6 is 0 Å². The Bertz CT molecular complexity index is 1480. The zero-order chi connectivity index (χ0) is 23.2. The Hall–Kier alpha value is -3.26. The fourth-order valence-electron chi connectivity index (χ4n) is 4.86. The largest absolute Gasteiger partial charge is 0.361 e. The van der Waals surface area contributed by atoms with Gasteiger partial charge in [-0.1, -0.05) is 24.1 Å². The number of H-pyrrole nitrogens is 1. The molecule has 0 saturated heterocycles. The van der Waals surface area contributed by atoms with Gasteiger partial charge in [0.05, 0.1) is 33.1 Å². The van der Waals surface area contributed by atoms with Gasteiger partial charge in [0, 0.05) is 17.1 Å². The van der Waals surface area contributed by atoms with E-state index >= 15 is 0 Å². The number of pyridine rings is 2. The van der Waals surface area contributed by atoms with E-state index in [-0.39, 0.29) is 22.1 Å². The highest BCUT2D eigenvalue weighted by molar-refractivity contribution is 7.91. The standard InChI is InChI=1S/C25H25N3O4S/c1-15-24(16(2)32-28-15)18-11-22-19(13-20(25(29)27-22)21-9-5-6-10-26-21)23(12-18)33(30,31)14-17-7-3-4-8-17/h5-6,9-13,17H,3-4,7-8,14H2,1-2H3,(H,27,29).